The first-order valence-corrected chi connectivity index (χ1v) is 8.09. The summed E-state index contributed by atoms with van der Waals surface area (Å²) in [6.45, 7) is 8.71. The molecule has 118 valence electrons. The summed E-state index contributed by atoms with van der Waals surface area (Å²) in [5.74, 6) is 1.83. The summed E-state index contributed by atoms with van der Waals surface area (Å²) in [5, 5.41) is 12.0. The Hall–Kier alpha value is -1.53. The third-order valence-electron chi connectivity index (χ3n) is 3.73. The van der Waals surface area contributed by atoms with Gasteiger partial charge in [0, 0.05) is 4.75 Å². The molecule has 0 radical (unpaired) electrons. The molecule has 0 bridgehead atoms. The third-order valence-corrected chi connectivity index (χ3v) is 5.12. The molecule has 0 unspecified atom stereocenters. The zero-order valence-corrected chi connectivity index (χ0v) is 14.3. The van der Waals surface area contributed by atoms with Crippen molar-refractivity contribution in [2.75, 3.05) is 7.11 Å². The van der Waals surface area contributed by atoms with E-state index in [1.54, 1.807) is 7.11 Å². The van der Waals surface area contributed by atoms with Crippen LogP contribution in [-0.4, -0.2) is 26.9 Å². The van der Waals surface area contributed by atoms with Crippen molar-refractivity contribution >= 4 is 11.8 Å². The van der Waals surface area contributed by atoms with Crippen molar-refractivity contribution in [1.29, 1.82) is 0 Å². The van der Waals surface area contributed by atoms with Gasteiger partial charge in [-0.2, -0.15) is 0 Å². The number of nitrogens with one attached hydrogen (secondary N) is 1. The largest absolute Gasteiger partial charge is 0.496 e. The molecule has 5 nitrogen and oxygen atoms in total. The number of nitrogens with zero attached hydrogens (tertiary/aromatic N) is 2. The van der Waals surface area contributed by atoms with Gasteiger partial charge in [-0.1, -0.05) is 12.1 Å². The molecule has 1 fully saturated rings. The summed E-state index contributed by atoms with van der Waals surface area (Å²) in [4.78, 5) is -0.0206. The third kappa shape index (κ3) is 2.73. The van der Waals surface area contributed by atoms with Gasteiger partial charge < -0.3 is 9.15 Å². The second-order valence-electron chi connectivity index (χ2n) is 6.44. The van der Waals surface area contributed by atoms with Crippen LogP contribution in [0.25, 0.3) is 11.5 Å². The highest BCUT2D eigenvalue weighted by atomic mass is 32.2. The van der Waals surface area contributed by atoms with E-state index in [1.807, 2.05) is 36.0 Å². The van der Waals surface area contributed by atoms with E-state index in [1.165, 1.54) is 0 Å². The molecule has 0 spiro atoms. The minimum atomic E-state index is -0.0206. The van der Waals surface area contributed by atoms with Gasteiger partial charge in [0.2, 0.25) is 5.89 Å². The molecule has 2 aromatic rings. The van der Waals surface area contributed by atoms with Crippen LogP contribution in [0.3, 0.4) is 0 Å². The van der Waals surface area contributed by atoms with Gasteiger partial charge in [-0.25, -0.2) is 0 Å². The van der Waals surface area contributed by atoms with Crippen molar-refractivity contribution in [1.82, 2.24) is 15.5 Å². The Bertz CT molecular complexity index is 682. The Morgan fingerprint density at radius 2 is 1.91 bits per heavy atom. The molecular weight excluding hydrogens is 298 g/mol. The molecule has 1 aliphatic heterocycles. The van der Waals surface area contributed by atoms with E-state index < -0.39 is 0 Å². The lowest BCUT2D eigenvalue weighted by Crippen LogP contribution is -2.34. The average molecular weight is 319 g/mol. The van der Waals surface area contributed by atoms with Crippen LogP contribution in [0.2, 0.25) is 0 Å². The SMILES string of the molecule is COc1ccccc1-c1nnc([C@H]2NC(C)(C)SC2(C)C)o1. The maximum absolute atomic E-state index is 5.95. The highest BCUT2D eigenvalue weighted by molar-refractivity contribution is 8.02. The van der Waals surface area contributed by atoms with E-state index >= 15 is 0 Å². The van der Waals surface area contributed by atoms with E-state index in [4.69, 9.17) is 9.15 Å². The molecule has 22 heavy (non-hydrogen) atoms. The molecule has 0 saturated carbocycles. The van der Waals surface area contributed by atoms with Crippen LogP contribution in [0.4, 0.5) is 0 Å². The normalized spacial score (nSPS) is 22.7. The molecule has 3 rings (SSSR count). The van der Waals surface area contributed by atoms with Crippen molar-refractivity contribution in [3.8, 4) is 17.2 Å². The maximum atomic E-state index is 5.95. The van der Waals surface area contributed by atoms with Gasteiger partial charge in [-0.15, -0.1) is 22.0 Å². The fourth-order valence-electron chi connectivity index (χ4n) is 2.91. The summed E-state index contributed by atoms with van der Waals surface area (Å²) in [6, 6.07) is 7.67. The topological polar surface area (TPSA) is 60.2 Å². The van der Waals surface area contributed by atoms with Crippen molar-refractivity contribution in [2.45, 2.75) is 43.4 Å². The monoisotopic (exact) mass is 319 g/mol. The summed E-state index contributed by atoms with van der Waals surface area (Å²) in [6.07, 6.45) is 0. The summed E-state index contributed by atoms with van der Waals surface area (Å²) < 4.78 is 11.3. The second kappa shape index (κ2) is 5.28. The molecule has 6 heteroatoms. The second-order valence-corrected chi connectivity index (χ2v) is 8.72. The van der Waals surface area contributed by atoms with Gasteiger partial charge in [-0.3, -0.25) is 5.32 Å². The number of hydrogen-bond acceptors (Lipinski definition) is 6. The van der Waals surface area contributed by atoms with E-state index in [9.17, 15) is 0 Å². The van der Waals surface area contributed by atoms with Gasteiger partial charge >= 0.3 is 0 Å². The van der Waals surface area contributed by atoms with Crippen molar-refractivity contribution in [3.63, 3.8) is 0 Å². The zero-order chi connectivity index (χ0) is 16.0. The fraction of sp³-hybridized carbons (Fsp3) is 0.500. The molecule has 1 aromatic heterocycles. The first kappa shape index (κ1) is 15.4. The van der Waals surface area contributed by atoms with E-state index in [-0.39, 0.29) is 15.7 Å². The van der Waals surface area contributed by atoms with Crippen molar-refractivity contribution in [3.05, 3.63) is 30.2 Å². The lowest BCUT2D eigenvalue weighted by molar-refractivity contribution is 0.351. The van der Waals surface area contributed by atoms with Gasteiger partial charge in [0.1, 0.15) is 11.8 Å². The number of methoxy groups -OCH3 is 1. The first-order valence-electron chi connectivity index (χ1n) is 7.27. The zero-order valence-electron chi connectivity index (χ0n) is 13.5. The predicted molar refractivity (Wildman–Crippen MR) is 87.9 cm³/mol. The number of aromatic nitrogens is 2. The smallest absolute Gasteiger partial charge is 0.251 e. The van der Waals surface area contributed by atoms with Crippen LogP contribution < -0.4 is 10.1 Å². The lowest BCUT2D eigenvalue weighted by atomic mass is 10.0. The Labute approximate surface area is 134 Å². The molecule has 1 aliphatic rings. The van der Waals surface area contributed by atoms with Crippen LogP contribution in [0, 0.1) is 0 Å². The number of para-hydroxylation sites is 1. The minimum absolute atomic E-state index is 0.0171. The number of rotatable bonds is 3. The van der Waals surface area contributed by atoms with E-state index in [0.717, 1.165) is 11.3 Å². The number of thioether (sulfide) groups is 1. The average Bonchev–Trinajstić information content (AvgIpc) is 3.00. The van der Waals surface area contributed by atoms with Crippen molar-refractivity contribution < 1.29 is 9.15 Å². The predicted octanol–water partition coefficient (Wildman–Crippen LogP) is 3.64. The van der Waals surface area contributed by atoms with Gasteiger partial charge in [0.05, 0.1) is 17.5 Å². The minimum Gasteiger partial charge on any atom is -0.496 e. The maximum Gasteiger partial charge on any atom is 0.251 e. The molecule has 1 atom stereocenters. The Morgan fingerprint density at radius 3 is 2.55 bits per heavy atom. The molecule has 0 aliphatic carbocycles. The Balaban J connectivity index is 1.95. The van der Waals surface area contributed by atoms with Gasteiger partial charge in [0.15, 0.2) is 0 Å². The van der Waals surface area contributed by atoms with E-state index in [2.05, 4.69) is 43.2 Å². The highest BCUT2D eigenvalue weighted by Gasteiger charge is 2.48. The molecule has 1 saturated heterocycles. The Kier molecular flexibility index (Phi) is 3.69. The van der Waals surface area contributed by atoms with E-state index in [0.29, 0.717) is 11.8 Å². The van der Waals surface area contributed by atoms with Crippen molar-refractivity contribution in [2.24, 2.45) is 0 Å². The molecule has 0 amide bonds. The molecule has 1 N–H and O–H groups in total. The summed E-state index contributed by atoms with van der Waals surface area (Å²) in [7, 11) is 1.64. The van der Waals surface area contributed by atoms with Gasteiger partial charge in [-0.05, 0) is 39.8 Å². The quantitative estimate of drug-likeness (QED) is 0.932. The van der Waals surface area contributed by atoms with Crippen LogP contribution in [0.1, 0.15) is 39.6 Å². The molecule has 1 aromatic carbocycles. The summed E-state index contributed by atoms with van der Waals surface area (Å²) >= 11 is 1.88. The fourth-order valence-corrected chi connectivity index (χ4v) is 4.68. The number of benzene rings is 1. The van der Waals surface area contributed by atoms with Crippen LogP contribution >= 0.6 is 11.8 Å². The summed E-state index contributed by atoms with van der Waals surface area (Å²) in [5.41, 5.74) is 0.812. The first-order chi connectivity index (χ1) is 10.3. The number of hydrogen-bond donors (Lipinski definition) is 1. The highest BCUT2D eigenvalue weighted by Crippen LogP contribution is 2.50. The molecule has 2 heterocycles. The van der Waals surface area contributed by atoms with Crippen LogP contribution in [0.5, 0.6) is 5.75 Å². The number of ether oxygens (including phenoxy) is 1. The lowest BCUT2D eigenvalue weighted by Gasteiger charge is -2.22. The molecular formula is C16H21N3O2S. The standard InChI is InChI=1S/C16H21N3O2S/c1-15(2)12(17-16(3,4)22-15)14-19-18-13(21-14)10-8-6-7-9-11(10)20-5/h6-9,12,17H,1-5H3/t12-/m1/s1. The van der Waals surface area contributed by atoms with Gasteiger partial charge in [0.25, 0.3) is 5.89 Å². The Morgan fingerprint density at radius 1 is 1.18 bits per heavy atom. The van der Waals surface area contributed by atoms with Crippen LogP contribution in [0.15, 0.2) is 28.7 Å². The van der Waals surface area contributed by atoms with Crippen LogP contribution in [-0.2, 0) is 0 Å².